The second-order valence-corrected chi connectivity index (χ2v) is 7.12. The van der Waals surface area contributed by atoms with Crippen molar-refractivity contribution in [3.05, 3.63) is 46.9 Å². The van der Waals surface area contributed by atoms with Crippen molar-refractivity contribution in [1.82, 2.24) is 5.43 Å². The van der Waals surface area contributed by atoms with E-state index in [1.807, 2.05) is 12.1 Å². The second-order valence-electron chi connectivity index (χ2n) is 6.21. The molecule has 0 spiro atoms. The van der Waals surface area contributed by atoms with Crippen molar-refractivity contribution in [3.8, 4) is 17.2 Å². The molecule has 29 heavy (non-hydrogen) atoms. The molecule has 0 saturated heterocycles. The lowest BCUT2D eigenvalue weighted by molar-refractivity contribution is -0.123. The van der Waals surface area contributed by atoms with Crippen LogP contribution in [-0.4, -0.2) is 37.3 Å². The number of hydrogen-bond donors (Lipinski definition) is 2. The fraction of sp³-hybridized carbons (Fsp3) is 0.250. The number of fused-ring (bicyclic) bond motifs is 1. The summed E-state index contributed by atoms with van der Waals surface area (Å²) in [6, 6.07) is 12.3. The molecule has 1 heterocycles. The summed E-state index contributed by atoms with van der Waals surface area (Å²) >= 11 is 3.33. The van der Waals surface area contributed by atoms with Crippen LogP contribution in [0.1, 0.15) is 13.3 Å². The number of carbonyl (C=O) groups excluding carboxylic acids is 2. The van der Waals surface area contributed by atoms with Gasteiger partial charge in [-0.25, -0.2) is 5.43 Å². The summed E-state index contributed by atoms with van der Waals surface area (Å²) in [4.78, 5) is 24.0. The number of hydrazone groups is 1. The lowest BCUT2D eigenvalue weighted by Crippen LogP contribution is -2.26. The Balaban J connectivity index is 1.43. The van der Waals surface area contributed by atoms with Crippen LogP contribution < -0.4 is 25.0 Å². The molecule has 9 heteroatoms. The van der Waals surface area contributed by atoms with Crippen LogP contribution >= 0.6 is 15.9 Å². The minimum Gasteiger partial charge on any atom is -0.486 e. The van der Waals surface area contributed by atoms with E-state index in [1.165, 1.54) is 0 Å². The number of amides is 2. The molecule has 0 atom stereocenters. The van der Waals surface area contributed by atoms with E-state index in [0.29, 0.717) is 41.9 Å². The topological polar surface area (TPSA) is 98.3 Å². The van der Waals surface area contributed by atoms with Gasteiger partial charge in [-0.15, -0.1) is 0 Å². The fourth-order valence-electron chi connectivity index (χ4n) is 2.47. The Morgan fingerprint density at radius 3 is 2.55 bits per heavy atom. The van der Waals surface area contributed by atoms with Crippen LogP contribution in [0.5, 0.6) is 17.2 Å². The van der Waals surface area contributed by atoms with Gasteiger partial charge in [-0.3, -0.25) is 9.59 Å². The van der Waals surface area contributed by atoms with Crippen LogP contribution in [0.4, 0.5) is 5.69 Å². The van der Waals surface area contributed by atoms with E-state index in [9.17, 15) is 9.59 Å². The Morgan fingerprint density at radius 1 is 1.07 bits per heavy atom. The third kappa shape index (κ3) is 6.49. The summed E-state index contributed by atoms with van der Waals surface area (Å²) in [5, 5.41) is 6.69. The van der Waals surface area contributed by atoms with Gasteiger partial charge in [-0.1, -0.05) is 15.9 Å². The first-order valence-corrected chi connectivity index (χ1v) is 9.69. The molecule has 2 aromatic rings. The fourth-order valence-corrected chi connectivity index (χ4v) is 2.73. The molecule has 2 N–H and O–H groups in total. The number of benzene rings is 2. The minimum absolute atomic E-state index is 0.0301. The molecule has 2 amide bonds. The van der Waals surface area contributed by atoms with Gasteiger partial charge in [-0.2, -0.15) is 5.10 Å². The van der Waals surface area contributed by atoms with Gasteiger partial charge in [-0.05, 0) is 43.3 Å². The molecule has 8 nitrogen and oxygen atoms in total. The number of hydrogen-bond acceptors (Lipinski definition) is 6. The molecule has 0 unspecified atom stereocenters. The van der Waals surface area contributed by atoms with Crippen molar-refractivity contribution in [2.45, 2.75) is 13.3 Å². The molecular formula is C20H20BrN3O5. The summed E-state index contributed by atoms with van der Waals surface area (Å²) < 4.78 is 17.2. The highest BCUT2D eigenvalue weighted by molar-refractivity contribution is 9.10. The van der Waals surface area contributed by atoms with E-state index < -0.39 is 5.91 Å². The van der Waals surface area contributed by atoms with Crippen LogP contribution in [0.25, 0.3) is 0 Å². The van der Waals surface area contributed by atoms with Gasteiger partial charge < -0.3 is 19.5 Å². The second kappa shape index (κ2) is 9.92. The number of halogens is 1. The van der Waals surface area contributed by atoms with E-state index >= 15 is 0 Å². The third-order valence-corrected chi connectivity index (χ3v) is 4.33. The predicted octanol–water partition coefficient (Wildman–Crippen LogP) is 3.12. The Morgan fingerprint density at radius 2 is 1.79 bits per heavy atom. The van der Waals surface area contributed by atoms with Gasteiger partial charge in [0.05, 0.1) is 6.42 Å². The highest BCUT2D eigenvalue weighted by atomic mass is 79.9. The molecule has 0 aliphatic carbocycles. The monoisotopic (exact) mass is 461 g/mol. The maximum atomic E-state index is 12.2. The van der Waals surface area contributed by atoms with Crippen molar-refractivity contribution < 1.29 is 23.8 Å². The average molecular weight is 462 g/mol. The molecule has 0 saturated carbocycles. The summed E-state index contributed by atoms with van der Waals surface area (Å²) in [6.45, 7) is 2.46. The first kappa shape index (κ1) is 20.7. The molecule has 1 aliphatic heterocycles. The maximum Gasteiger partial charge on any atom is 0.277 e. The molecule has 0 radical (unpaired) electrons. The normalized spacial score (nSPS) is 12.8. The molecular weight excluding hydrogens is 442 g/mol. The van der Waals surface area contributed by atoms with Gasteiger partial charge in [0.15, 0.2) is 18.1 Å². The first-order valence-electron chi connectivity index (χ1n) is 8.89. The summed E-state index contributed by atoms with van der Waals surface area (Å²) in [6.07, 6.45) is 0.0301. The maximum absolute atomic E-state index is 12.2. The van der Waals surface area contributed by atoms with E-state index in [-0.39, 0.29) is 18.9 Å². The molecule has 152 valence electrons. The van der Waals surface area contributed by atoms with Crippen molar-refractivity contribution in [2.75, 3.05) is 25.1 Å². The zero-order valence-corrected chi connectivity index (χ0v) is 17.3. The van der Waals surface area contributed by atoms with Crippen LogP contribution in [0.3, 0.4) is 0 Å². The van der Waals surface area contributed by atoms with Gasteiger partial charge in [0, 0.05) is 21.9 Å². The molecule has 3 rings (SSSR count). The first-order chi connectivity index (χ1) is 14.0. The van der Waals surface area contributed by atoms with Crippen molar-refractivity contribution in [2.24, 2.45) is 5.10 Å². The van der Waals surface area contributed by atoms with Gasteiger partial charge in [0.2, 0.25) is 5.91 Å². The smallest absolute Gasteiger partial charge is 0.277 e. The molecule has 0 aromatic heterocycles. The number of nitrogens with zero attached hydrogens (tertiary/aromatic N) is 1. The Hall–Kier alpha value is -3.07. The number of rotatable bonds is 7. The third-order valence-electron chi connectivity index (χ3n) is 3.80. The zero-order chi connectivity index (χ0) is 20.6. The molecule has 1 aliphatic rings. The zero-order valence-electron chi connectivity index (χ0n) is 15.7. The highest BCUT2D eigenvalue weighted by Gasteiger charge is 2.13. The largest absolute Gasteiger partial charge is 0.486 e. The lowest BCUT2D eigenvalue weighted by atomic mass is 10.2. The Bertz CT molecular complexity index is 915. The average Bonchev–Trinajstić information content (AvgIpc) is 2.71. The van der Waals surface area contributed by atoms with Crippen LogP contribution in [0.2, 0.25) is 0 Å². The van der Waals surface area contributed by atoms with Crippen molar-refractivity contribution in [1.29, 1.82) is 0 Å². The van der Waals surface area contributed by atoms with Crippen LogP contribution in [0.15, 0.2) is 52.0 Å². The van der Waals surface area contributed by atoms with E-state index in [0.717, 1.165) is 4.47 Å². The van der Waals surface area contributed by atoms with Gasteiger partial charge in [0.1, 0.15) is 19.0 Å². The number of carbonyl (C=O) groups is 2. The molecule has 0 bridgehead atoms. The number of ether oxygens (including phenoxy) is 3. The summed E-state index contributed by atoms with van der Waals surface area (Å²) in [7, 11) is 0. The van der Waals surface area contributed by atoms with Crippen LogP contribution in [0, 0.1) is 0 Å². The SMILES string of the molecule is CC(CC(=O)Nc1ccc2c(c1)OCCO2)=NNC(=O)COc1ccc(Br)cc1. The Labute approximate surface area is 176 Å². The van der Waals surface area contributed by atoms with E-state index in [2.05, 4.69) is 31.8 Å². The quantitative estimate of drug-likeness (QED) is 0.487. The molecule has 0 fully saturated rings. The predicted molar refractivity (Wildman–Crippen MR) is 112 cm³/mol. The van der Waals surface area contributed by atoms with E-state index in [1.54, 1.807) is 37.3 Å². The summed E-state index contributed by atoms with van der Waals surface area (Å²) in [5.74, 6) is 1.14. The Kier molecular flexibility index (Phi) is 7.07. The number of anilines is 1. The number of nitrogens with one attached hydrogen (secondary N) is 2. The standard InChI is InChI=1S/C20H20BrN3O5/c1-13(23-24-20(26)12-29-16-5-2-14(21)3-6-16)10-19(25)22-15-4-7-17-18(11-15)28-9-8-27-17/h2-7,11H,8-10,12H2,1H3,(H,22,25)(H,24,26). The molecule has 2 aromatic carbocycles. The van der Waals surface area contributed by atoms with Crippen molar-refractivity contribution in [3.63, 3.8) is 0 Å². The summed E-state index contributed by atoms with van der Waals surface area (Å²) in [5.41, 5.74) is 3.42. The highest BCUT2D eigenvalue weighted by Crippen LogP contribution is 2.32. The van der Waals surface area contributed by atoms with Gasteiger partial charge >= 0.3 is 0 Å². The minimum atomic E-state index is -0.417. The lowest BCUT2D eigenvalue weighted by Gasteiger charge is -2.19. The van der Waals surface area contributed by atoms with Crippen LogP contribution in [-0.2, 0) is 9.59 Å². The van der Waals surface area contributed by atoms with Crippen molar-refractivity contribution >= 4 is 39.1 Å². The van der Waals surface area contributed by atoms with Gasteiger partial charge in [0.25, 0.3) is 5.91 Å². The van der Waals surface area contributed by atoms with E-state index in [4.69, 9.17) is 14.2 Å².